The Bertz CT molecular complexity index is 881. The molecule has 140 valence electrons. The lowest BCUT2D eigenvalue weighted by Crippen LogP contribution is -2.43. The first-order valence-electron chi connectivity index (χ1n) is 9.06. The number of hydrogen-bond acceptors (Lipinski definition) is 5. The predicted molar refractivity (Wildman–Crippen MR) is 103 cm³/mol. The summed E-state index contributed by atoms with van der Waals surface area (Å²) in [6.45, 7) is 0.558. The number of fused-ring (bicyclic) bond motifs is 1. The number of aromatic nitrogens is 1. The van der Waals surface area contributed by atoms with E-state index in [2.05, 4.69) is 15.6 Å². The maximum atomic E-state index is 13.0. The van der Waals surface area contributed by atoms with Crippen LogP contribution in [0.1, 0.15) is 41.6 Å². The minimum atomic E-state index is -0.486. The summed E-state index contributed by atoms with van der Waals surface area (Å²) < 4.78 is 0. The number of nitrogens with zero attached hydrogens (tertiary/aromatic N) is 2. The SMILES string of the molecule is O=C1CCCc2cc(C(=O)N3CCC[C@@H]3C(=O)Nc3nccs3)ccc2N1. The topological polar surface area (TPSA) is 91.4 Å². The van der Waals surface area contributed by atoms with Crippen LogP contribution in [0.15, 0.2) is 29.8 Å². The van der Waals surface area contributed by atoms with Crippen molar-refractivity contribution in [2.45, 2.75) is 38.1 Å². The van der Waals surface area contributed by atoms with Crippen molar-refractivity contribution in [1.82, 2.24) is 9.88 Å². The maximum Gasteiger partial charge on any atom is 0.254 e. The quantitative estimate of drug-likeness (QED) is 0.851. The second-order valence-corrected chi connectivity index (χ2v) is 7.65. The van der Waals surface area contributed by atoms with Gasteiger partial charge >= 0.3 is 0 Å². The molecule has 1 saturated heterocycles. The number of carbonyl (C=O) groups excluding carboxylic acids is 3. The fourth-order valence-corrected chi connectivity index (χ4v) is 4.16. The van der Waals surface area contributed by atoms with E-state index in [1.54, 1.807) is 28.6 Å². The largest absolute Gasteiger partial charge is 0.327 e. The lowest BCUT2D eigenvalue weighted by atomic mass is 10.0. The Labute approximate surface area is 160 Å². The molecule has 1 aromatic carbocycles. The number of thiazole rings is 1. The van der Waals surface area contributed by atoms with Gasteiger partial charge in [-0.3, -0.25) is 14.4 Å². The molecule has 1 atom stereocenters. The van der Waals surface area contributed by atoms with Crippen LogP contribution in [0.4, 0.5) is 10.8 Å². The number of anilines is 2. The van der Waals surface area contributed by atoms with E-state index in [0.29, 0.717) is 30.1 Å². The molecule has 1 fully saturated rings. The van der Waals surface area contributed by atoms with Crippen LogP contribution >= 0.6 is 11.3 Å². The van der Waals surface area contributed by atoms with Crippen molar-refractivity contribution >= 4 is 39.9 Å². The molecule has 0 spiro atoms. The Morgan fingerprint density at radius 3 is 2.96 bits per heavy atom. The summed E-state index contributed by atoms with van der Waals surface area (Å²) in [6.07, 6.45) is 5.07. The molecule has 0 aliphatic carbocycles. The fraction of sp³-hybridized carbons (Fsp3) is 0.368. The van der Waals surface area contributed by atoms with E-state index in [-0.39, 0.29) is 17.7 Å². The van der Waals surface area contributed by atoms with Gasteiger partial charge in [0.1, 0.15) is 6.04 Å². The lowest BCUT2D eigenvalue weighted by Gasteiger charge is -2.24. The van der Waals surface area contributed by atoms with E-state index in [1.807, 2.05) is 6.07 Å². The number of likely N-dealkylation sites (tertiary alicyclic amines) is 1. The second kappa shape index (κ2) is 7.48. The van der Waals surface area contributed by atoms with Crippen LogP contribution in [0, 0.1) is 0 Å². The Hall–Kier alpha value is -2.74. The first-order valence-corrected chi connectivity index (χ1v) is 9.94. The molecule has 2 aliphatic heterocycles. The third-order valence-corrected chi connectivity index (χ3v) is 5.64. The summed E-state index contributed by atoms with van der Waals surface area (Å²) in [4.78, 5) is 43.0. The molecule has 1 aromatic heterocycles. The summed E-state index contributed by atoms with van der Waals surface area (Å²) >= 11 is 1.35. The average Bonchev–Trinajstić information content (AvgIpc) is 3.30. The van der Waals surface area contributed by atoms with E-state index in [4.69, 9.17) is 0 Å². The summed E-state index contributed by atoms with van der Waals surface area (Å²) in [5, 5.41) is 8.00. The Morgan fingerprint density at radius 2 is 2.15 bits per heavy atom. The summed E-state index contributed by atoms with van der Waals surface area (Å²) in [6, 6.07) is 4.87. The molecule has 0 radical (unpaired) electrons. The van der Waals surface area contributed by atoms with Crippen molar-refractivity contribution in [1.29, 1.82) is 0 Å². The van der Waals surface area contributed by atoms with Gasteiger partial charge in [-0.1, -0.05) is 0 Å². The molecule has 2 aliphatic rings. The smallest absolute Gasteiger partial charge is 0.254 e. The average molecular weight is 384 g/mol. The maximum absolute atomic E-state index is 13.0. The van der Waals surface area contributed by atoms with Crippen LogP contribution in [-0.4, -0.2) is 40.2 Å². The number of hydrogen-bond donors (Lipinski definition) is 2. The molecule has 3 amide bonds. The molecule has 7 nitrogen and oxygen atoms in total. The summed E-state index contributed by atoms with van der Waals surface area (Å²) in [5.74, 6) is -0.339. The standard InChI is InChI=1S/C19H20N4O3S/c24-16-5-1-3-12-11-13(6-7-14(12)21-16)18(26)23-9-2-4-15(23)17(25)22-19-20-8-10-27-19/h6-8,10-11,15H,1-5,9H2,(H,21,24)(H,20,22,25)/t15-/m1/s1. The summed E-state index contributed by atoms with van der Waals surface area (Å²) in [7, 11) is 0. The Kier molecular flexibility index (Phi) is 4.89. The second-order valence-electron chi connectivity index (χ2n) is 6.76. The molecule has 0 saturated carbocycles. The molecule has 0 unspecified atom stereocenters. The van der Waals surface area contributed by atoms with Crippen molar-refractivity contribution in [3.05, 3.63) is 40.9 Å². The van der Waals surface area contributed by atoms with Crippen LogP contribution in [-0.2, 0) is 16.0 Å². The van der Waals surface area contributed by atoms with Crippen LogP contribution in [0.3, 0.4) is 0 Å². The number of benzene rings is 1. The van der Waals surface area contributed by atoms with E-state index >= 15 is 0 Å². The van der Waals surface area contributed by atoms with E-state index in [0.717, 1.165) is 30.5 Å². The van der Waals surface area contributed by atoms with Gasteiger partial charge in [0, 0.05) is 35.8 Å². The Morgan fingerprint density at radius 1 is 1.26 bits per heavy atom. The summed E-state index contributed by atoms with van der Waals surface area (Å²) in [5.41, 5.74) is 2.29. The third-order valence-electron chi connectivity index (χ3n) is 4.95. The molecular weight excluding hydrogens is 364 g/mol. The van der Waals surface area contributed by atoms with Gasteiger partial charge in [-0.15, -0.1) is 11.3 Å². The zero-order chi connectivity index (χ0) is 18.8. The zero-order valence-electron chi connectivity index (χ0n) is 14.7. The lowest BCUT2D eigenvalue weighted by molar-refractivity contribution is -0.119. The Balaban J connectivity index is 1.52. The number of carbonyl (C=O) groups is 3. The molecule has 8 heteroatoms. The van der Waals surface area contributed by atoms with Crippen LogP contribution < -0.4 is 10.6 Å². The van der Waals surface area contributed by atoms with E-state index < -0.39 is 6.04 Å². The molecule has 2 N–H and O–H groups in total. The van der Waals surface area contributed by atoms with Crippen LogP contribution in [0.5, 0.6) is 0 Å². The molecule has 27 heavy (non-hydrogen) atoms. The van der Waals surface area contributed by atoms with Crippen LogP contribution in [0.25, 0.3) is 0 Å². The molecule has 4 rings (SSSR count). The first-order chi connectivity index (χ1) is 13.1. The number of nitrogens with one attached hydrogen (secondary N) is 2. The van der Waals surface area contributed by atoms with Crippen molar-refractivity contribution in [2.75, 3.05) is 17.2 Å². The highest BCUT2D eigenvalue weighted by molar-refractivity contribution is 7.13. The normalized spacial score (nSPS) is 19.2. The first kappa shape index (κ1) is 17.7. The molecule has 3 heterocycles. The van der Waals surface area contributed by atoms with Gasteiger partial charge in [0.05, 0.1) is 0 Å². The molecule has 2 aromatic rings. The van der Waals surface area contributed by atoms with Gasteiger partial charge in [-0.25, -0.2) is 4.98 Å². The highest BCUT2D eigenvalue weighted by Gasteiger charge is 2.35. The van der Waals surface area contributed by atoms with Gasteiger partial charge in [-0.2, -0.15) is 0 Å². The monoisotopic (exact) mass is 384 g/mol. The van der Waals surface area contributed by atoms with Gasteiger partial charge in [0.15, 0.2) is 5.13 Å². The number of aryl methyl sites for hydroxylation is 1. The highest BCUT2D eigenvalue weighted by atomic mass is 32.1. The number of rotatable bonds is 3. The minimum Gasteiger partial charge on any atom is -0.327 e. The zero-order valence-corrected chi connectivity index (χ0v) is 15.6. The number of amides is 3. The minimum absolute atomic E-state index is 0.00583. The van der Waals surface area contributed by atoms with Gasteiger partial charge in [0.25, 0.3) is 5.91 Å². The van der Waals surface area contributed by atoms with Gasteiger partial charge < -0.3 is 15.5 Å². The molecular formula is C19H20N4O3S. The van der Waals surface area contributed by atoms with Crippen molar-refractivity contribution in [3.63, 3.8) is 0 Å². The van der Waals surface area contributed by atoms with Crippen LogP contribution in [0.2, 0.25) is 0 Å². The van der Waals surface area contributed by atoms with Crippen molar-refractivity contribution in [3.8, 4) is 0 Å². The predicted octanol–water partition coefficient (Wildman–Crippen LogP) is 2.66. The third kappa shape index (κ3) is 3.71. The van der Waals surface area contributed by atoms with Crippen molar-refractivity contribution in [2.24, 2.45) is 0 Å². The molecule has 0 bridgehead atoms. The van der Waals surface area contributed by atoms with E-state index in [9.17, 15) is 14.4 Å². The van der Waals surface area contributed by atoms with Crippen molar-refractivity contribution < 1.29 is 14.4 Å². The van der Waals surface area contributed by atoms with Gasteiger partial charge in [0.2, 0.25) is 11.8 Å². The fourth-order valence-electron chi connectivity index (χ4n) is 3.63. The van der Waals surface area contributed by atoms with Gasteiger partial charge in [-0.05, 0) is 49.4 Å². The highest BCUT2D eigenvalue weighted by Crippen LogP contribution is 2.26. The van der Waals surface area contributed by atoms with E-state index in [1.165, 1.54) is 11.3 Å².